The smallest absolute Gasteiger partial charge is 0.339 e. The Labute approximate surface area is 98.1 Å². The van der Waals surface area contributed by atoms with Gasteiger partial charge in [-0.15, -0.1) is 6.42 Å². The molecule has 0 aromatic heterocycles. The number of benzene rings is 1. The molecule has 1 aromatic rings. The summed E-state index contributed by atoms with van der Waals surface area (Å²) in [5, 5.41) is 13.8. The summed E-state index contributed by atoms with van der Waals surface area (Å²) in [6.45, 7) is -0.116. The van der Waals surface area contributed by atoms with Crippen molar-refractivity contribution in [1.29, 1.82) is 0 Å². The van der Waals surface area contributed by atoms with Crippen LogP contribution in [0.2, 0.25) is 0 Å². The van der Waals surface area contributed by atoms with E-state index < -0.39 is 16.0 Å². The van der Waals surface area contributed by atoms with Crippen molar-refractivity contribution in [3.63, 3.8) is 0 Å². The van der Waals surface area contributed by atoms with Gasteiger partial charge in [-0.2, -0.15) is 0 Å². The molecule has 0 fully saturated rings. The number of nitrogens with two attached hydrogens (primary N) is 1. The Bertz CT molecular complexity index is 585. The molecule has 0 heterocycles. The van der Waals surface area contributed by atoms with Crippen molar-refractivity contribution in [2.75, 3.05) is 6.61 Å². The Kier molecular flexibility index (Phi) is 3.73. The van der Waals surface area contributed by atoms with E-state index >= 15 is 0 Å². The fourth-order valence-corrected chi connectivity index (χ4v) is 1.64. The van der Waals surface area contributed by atoms with Crippen molar-refractivity contribution < 1.29 is 23.1 Å². The van der Waals surface area contributed by atoms with Gasteiger partial charge in [-0.1, -0.05) is 5.92 Å². The zero-order valence-electron chi connectivity index (χ0n) is 8.58. The van der Waals surface area contributed by atoms with Gasteiger partial charge in [0.1, 0.15) is 17.9 Å². The molecule has 6 nitrogen and oxygen atoms in total. The Morgan fingerprint density at radius 2 is 2.18 bits per heavy atom. The van der Waals surface area contributed by atoms with Crippen molar-refractivity contribution in [3.05, 3.63) is 23.8 Å². The van der Waals surface area contributed by atoms with E-state index in [0.717, 1.165) is 12.1 Å². The number of terminal acetylenes is 1. The number of rotatable bonds is 4. The first-order chi connectivity index (χ1) is 7.86. The number of carbonyl (C=O) groups is 1. The number of aromatic carboxylic acids is 1. The van der Waals surface area contributed by atoms with E-state index in [4.69, 9.17) is 21.4 Å². The first-order valence-corrected chi connectivity index (χ1v) is 5.87. The number of ether oxygens (including phenoxy) is 1. The molecule has 17 heavy (non-hydrogen) atoms. The summed E-state index contributed by atoms with van der Waals surface area (Å²) in [6, 6.07) is 3.26. The Balaban J connectivity index is 3.28. The number of hydrogen-bond donors (Lipinski definition) is 2. The van der Waals surface area contributed by atoms with Crippen molar-refractivity contribution in [1.82, 2.24) is 0 Å². The maximum Gasteiger partial charge on any atom is 0.339 e. The van der Waals surface area contributed by atoms with E-state index in [0.29, 0.717) is 0 Å². The van der Waals surface area contributed by atoms with Gasteiger partial charge in [-0.05, 0) is 18.2 Å². The Hall–Kier alpha value is -2.04. The molecular weight excluding hydrogens is 246 g/mol. The third-order valence-corrected chi connectivity index (χ3v) is 2.73. The first-order valence-electron chi connectivity index (χ1n) is 4.32. The minimum absolute atomic E-state index is 0.0112. The van der Waals surface area contributed by atoms with Crippen molar-refractivity contribution >= 4 is 16.0 Å². The standard InChI is InChI=1S/C10H9NO5S/c1-2-5-16-9-4-3-7(17(11,14)15)6-8(9)10(12)13/h1,3-4,6H,5H2,(H,12,13)(H2,11,14,15). The second-order valence-corrected chi connectivity index (χ2v) is 4.56. The van der Waals surface area contributed by atoms with Crippen LogP contribution >= 0.6 is 0 Å². The second kappa shape index (κ2) is 4.86. The normalized spacial score (nSPS) is 10.6. The Morgan fingerprint density at radius 3 is 2.65 bits per heavy atom. The fraction of sp³-hybridized carbons (Fsp3) is 0.100. The zero-order valence-corrected chi connectivity index (χ0v) is 9.40. The molecular formula is C10H9NO5S. The van der Waals surface area contributed by atoms with Crippen LogP contribution in [0.4, 0.5) is 0 Å². The number of primary sulfonamides is 1. The van der Waals surface area contributed by atoms with Crippen LogP contribution in [0.3, 0.4) is 0 Å². The summed E-state index contributed by atoms with van der Waals surface area (Å²) in [4.78, 5) is 10.6. The third kappa shape index (κ3) is 3.21. The Morgan fingerprint density at radius 1 is 1.53 bits per heavy atom. The molecule has 90 valence electrons. The van der Waals surface area contributed by atoms with Crippen LogP contribution < -0.4 is 9.88 Å². The molecule has 0 saturated heterocycles. The molecule has 0 aliphatic rings. The molecule has 3 N–H and O–H groups in total. The van der Waals surface area contributed by atoms with E-state index in [-0.39, 0.29) is 22.8 Å². The number of hydrogen-bond acceptors (Lipinski definition) is 4. The van der Waals surface area contributed by atoms with Crippen molar-refractivity contribution in [2.24, 2.45) is 5.14 Å². The van der Waals surface area contributed by atoms with Gasteiger partial charge in [0.2, 0.25) is 10.0 Å². The largest absolute Gasteiger partial charge is 0.480 e. The first kappa shape index (κ1) is 13.0. The van der Waals surface area contributed by atoms with Crippen molar-refractivity contribution in [3.8, 4) is 18.1 Å². The molecule has 0 aliphatic carbocycles. The van der Waals surface area contributed by atoms with Gasteiger partial charge in [-0.25, -0.2) is 18.4 Å². The molecule has 7 heteroatoms. The van der Waals surface area contributed by atoms with Crippen LogP contribution in [0.15, 0.2) is 23.1 Å². The molecule has 0 bridgehead atoms. The molecule has 0 unspecified atom stereocenters. The van der Waals surface area contributed by atoms with Crippen LogP contribution in [-0.4, -0.2) is 26.1 Å². The van der Waals surface area contributed by atoms with Gasteiger partial charge in [0.25, 0.3) is 0 Å². The number of carboxylic acid groups (broad SMARTS) is 1. The summed E-state index contributed by atoms with van der Waals surface area (Å²) >= 11 is 0. The summed E-state index contributed by atoms with van der Waals surface area (Å²) < 4.78 is 27.1. The van der Waals surface area contributed by atoms with Gasteiger partial charge in [0.15, 0.2) is 0 Å². The summed E-state index contributed by atoms with van der Waals surface area (Å²) in [7, 11) is -3.96. The minimum Gasteiger partial charge on any atom is -0.480 e. The lowest BCUT2D eigenvalue weighted by molar-refractivity contribution is 0.0692. The van der Waals surface area contributed by atoms with E-state index in [1.54, 1.807) is 0 Å². The fourth-order valence-electron chi connectivity index (χ4n) is 1.10. The van der Waals surface area contributed by atoms with Crippen LogP contribution in [0.1, 0.15) is 10.4 Å². The van der Waals surface area contributed by atoms with E-state index in [1.165, 1.54) is 6.07 Å². The quantitative estimate of drug-likeness (QED) is 0.739. The number of carboxylic acids is 1. The van der Waals surface area contributed by atoms with Crippen LogP contribution in [-0.2, 0) is 10.0 Å². The van der Waals surface area contributed by atoms with Gasteiger partial charge in [0.05, 0.1) is 4.90 Å². The van der Waals surface area contributed by atoms with Crippen molar-refractivity contribution in [2.45, 2.75) is 4.90 Å². The predicted molar refractivity (Wildman–Crippen MR) is 59.1 cm³/mol. The molecule has 0 radical (unpaired) electrons. The van der Waals surface area contributed by atoms with Crippen LogP contribution in [0, 0.1) is 12.3 Å². The van der Waals surface area contributed by atoms with E-state index in [2.05, 4.69) is 5.92 Å². The van der Waals surface area contributed by atoms with E-state index in [9.17, 15) is 13.2 Å². The minimum atomic E-state index is -3.96. The predicted octanol–water partition coefficient (Wildman–Crippen LogP) is 0.0442. The lowest BCUT2D eigenvalue weighted by atomic mass is 10.2. The topological polar surface area (TPSA) is 107 Å². The van der Waals surface area contributed by atoms with Crippen LogP contribution in [0.5, 0.6) is 5.75 Å². The van der Waals surface area contributed by atoms with Gasteiger partial charge in [-0.3, -0.25) is 0 Å². The SMILES string of the molecule is C#CCOc1ccc(S(N)(=O)=O)cc1C(=O)O. The average molecular weight is 255 g/mol. The molecule has 1 rings (SSSR count). The highest BCUT2D eigenvalue weighted by Crippen LogP contribution is 2.22. The maximum atomic E-state index is 11.0. The summed E-state index contributed by atoms with van der Waals surface area (Å²) in [5.41, 5.74) is -0.313. The van der Waals surface area contributed by atoms with Crippen LogP contribution in [0.25, 0.3) is 0 Å². The molecule has 0 atom stereocenters. The second-order valence-electron chi connectivity index (χ2n) is 3.00. The number of sulfonamides is 1. The molecule has 1 aromatic carbocycles. The summed E-state index contributed by atoms with van der Waals surface area (Å²) in [5.74, 6) is 0.827. The zero-order chi connectivity index (χ0) is 13.1. The third-order valence-electron chi connectivity index (χ3n) is 1.82. The molecule has 0 spiro atoms. The maximum absolute atomic E-state index is 11.0. The monoisotopic (exact) mass is 255 g/mol. The average Bonchev–Trinajstić information content (AvgIpc) is 2.24. The molecule has 0 saturated carbocycles. The summed E-state index contributed by atoms with van der Waals surface area (Å²) in [6.07, 6.45) is 4.96. The van der Waals surface area contributed by atoms with Gasteiger partial charge >= 0.3 is 5.97 Å². The van der Waals surface area contributed by atoms with Gasteiger partial charge < -0.3 is 9.84 Å². The molecule has 0 aliphatic heterocycles. The lowest BCUT2D eigenvalue weighted by Gasteiger charge is -2.07. The highest BCUT2D eigenvalue weighted by molar-refractivity contribution is 7.89. The lowest BCUT2D eigenvalue weighted by Crippen LogP contribution is -2.13. The highest BCUT2D eigenvalue weighted by atomic mass is 32.2. The molecule has 0 amide bonds. The van der Waals surface area contributed by atoms with Gasteiger partial charge in [0, 0.05) is 0 Å². The van der Waals surface area contributed by atoms with E-state index in [1.807, 2.05) is 0 Å². The highest BCUT2D eigenvalue weighted by Gasteiger charge is 2.16.